The first-order valence-electron chi connectivity index (χ1n) is 7.68. The first-order chi connectivity index (χ1) is 10.3. The van der Waals surface area contributed by atoms with Crippen LogP contribution >= 0.6 is 11.3 Å². The fraction of sp³-hybridized carbons (Fsp3) is 0.444. The molecule has 0 amide bonds. The molecule has 0 aliphatic rings. The van der Waals surface area contributed by atoms with Gasteiger partial charge in [-0.1, -0.05) is 44.2 Å². The molecule has 0 saturated carbocycles. The zero-order valence-corrected chi connectivity index (χ0v) is 13.8. The lowest BCUT2D eigenvalue weighted by molar-refractivity contribution is 0.108. The molecule has 0 saturated heterocycles. The highest BCUT2D eigenvalue weighted by Crippen LogP contribution is 2.27. The van der Waals surface area contributed by atoms with Gasteiger partial charge in [0.05, 0.1) is 0 Å². The molecule has 2 rings (SSSR count). The summed E-state index contributed by atoms with van der Waals surface area (Å²) in [6.45, 7) is 8.04. The minimum absolute atomic E-state index is 0.625. The fourth-order valence-electron chi connectivity index (χ4n) is 2.06. The summed E-state index contributed by atoms with van der Waals surface area (Å²) in [5.74, 6) is 0.625. The predicted octanol–water partition coefficient (Wildman–Crippen LogP) is 4.57. The van der Waals surface area contributed by atoms with Crippen molar-refractivity contribution >= 4 is 11.3 Å². The maximum Gasteiger partial charge on any atom is 0.0489 e. The van der Waals surface area contributed by atoms with E-state index in [0.717, 1.165) is 32.7 Å². The monoisotopic (exact) mass is 303 g/mol. The Kier molecular flexibility index (Phi) is 6.93. The molecular formula is C18H25NOS. The summed E-state index contributed by atoms with van der Waals surface area (Å²) in [5, 5.41) is 3.49. The molecule has 0 unspecified atom stereocenters. The lowest BCUT2D eigenvalue weighted by Gasteiger charge is -2.07. The van der Waals surface area contributed by atoms with E-state index < -0.39 is 0 Å². The van der Waals surface area contributed by atoms with Gasteiger partial charge in [-0.25, -0.2) is 0 Å². The van der Waals surface area contributed by atoms with Gasteiger partial charge >= 0.3 is 0 Å². The number of benzene rings is 1. The molecule has 1 aromatic carbocycles. The van der Waals surface area contributed by atoms with Crippen molar-refractivity contribution in [3.8, 4) is 10.4 Å². The SMILES string of the molecule is CC(C)COCCCNCc1ccc(-c2ccccc2)s1. The summed E-state index contributed by atoms with van der Waals surface area (Å²) in [6, 6.07) is 15.0. The second-order valence-electron chi connectivity index (χ2n) is 5.63. The smallest absolute Gasteiger partial charge is 0.0489 e. The van der Waals surface area contributed by atoms with Crippen LogP contribution in [0.4, 0.5) is 0 Å². The van der Waals surface area contributed by atoms with E-state index in [2.05, 4.69) is 61.6 Å². The highest BCUT2D eigenvalue weighted by Gasteiger charge is 2.02. The lowest BCUT2D eigenvalue weighted by atomic mass is 10.2. The van der Waals surface area contributed by atoms with Gasteiger partial charge in [-0.3, -0.25) is 0 Å². The molecule has 0 atom stereocenters. The summed E-state index contributed by atoms with van der Waals surface area (Å²) in [7, 11) is 0. The highest BCUT2D eigenvalue weighted by molar-refractivity contribution is 7.15. The van der Waals surface area contributed by atoms with Crippen LogP contribution in [0.1, 0.15) is 25.1 Å². The van der Waals surface area contributed by atoms with Crippen LogP contribution in [-0.4, -0.2) is 19.8 Å². The van der Waals surface area contributed by atoms with Crippen molar-refractivity contribution in [1.82, 2.24) is 5.32 Å². The predicted molar refractivity (Wildman–Crippen MR) is 91.7 cm³/mol. The van der Waals surface area contributed by atoms with Gasteiger partial charge in [-0.15, -0.1) is 11.3 Å². The van der Waals surface area contributed by atoms with E-state index in [1.807, 2.05) is 11.3 Å². The van der Waals surface area contributed by atoms with Gasteiger partial charge in [0.25, 0.3) is 0 Å². The molecule has 114 valence electrons. The van der Waals surface area contributed by atoms with E-state index in [9.17, 15) is 0 Å². The van der Waals surface area contributed by atoms with Crippen molar-refractivity contribution < 1.29 is 4.74 Å². The molecular weight excluding hydrogens is 278 g/mol. The molecule has 2 aromatic rings. The minimum Gasteiger partial charge on any atom is -0.381 e. The van der Waals surface area contributed by atoms with Crippen molar-refractivity contribution in [3.05, 3.63) is 47.3 Å². The van der Waals surface area contributed by atoms with Gasteiger partial charge in [0, 0.05) is 29.5 Å². The van der Waals surface area contributed by atoms with Crippen LogP contribution in [-0.2, 0) is 11.3 Å². The molecule has 1 heterocycles. The Hall–Kier alpha value is -1.16. The van der Waals surface area contributed by atoms with Crippen LogP contribution in [0, 0.1) is 5.92 Å². The number of thiophene rings is 1. The van der Waals surface area contributed by atoms with Crippen molar-refractivity contribution in [2.24, 2.45) is 5.92 Å². The van der Waals surface area contributed by atoms with Crippen molar-refractivity contribution in [3.63, 3.8) is 0 Å². The zero-order valence-electron chi connectivity index (χ0n) is 13.0. The normalized spacial score (nSPS) is 11.2. The highest BCUT2D eigenvalue weighted by atomic mass is 32.1. The number of rotatable bonds is 9. The third kappa shape index (κ3) is 6.00. The molecule has 1 aromatic heterocycles. The van der Waals surface area contributed by atoms with Crippen molar-refractivity contribution in [2.75, 3.05) is 19.8 Å². The molecule has 3 heteroatoms. The number of hydrogen-bond acceptors (Lipinski definition) is 3. The van der Waals surface area contributed by atoms with Crippen molar-refractivity contribution in [1.29, 1.82) is 0 Å². The molecule has 0 spiro atoms. The third-order valence-corrected chi connectivity index (χ3v) is 4.25. The quantitative estimate of drug-likeness (QED) is 0.685. The molecule has 0 radical (unpaired) electrons. The van der Waals surface area contributed by atoms with Crippen LogP contribution in [0.2, 0.25) is 0 Å². The Morgan fingerprint density at radius 1 is 1.10 bits per heavy atom. The molecule has 1 N–H and O–H groups in total. The van der Waals surface area contributed by atoms with E-state index in [0.29, 0.717) is 5.92 Å². The van der Waals surface area contributed by atoms with E-state index in [4.69, 9.17) is 4.74 Å². The zero-order chi connectivity index (χ0) is 14.9. The number of ether oxygens (including phenoxy) is 1. The van der Waals surface area contributed by atoms with Crippen LogP contribution in [0.25, 0.3) is 10.4 Å². The standard InChI is InChI=1S/C18H25NOS/c1-15(2)14-20-12-6-11-19-13-17-9-10-18(21-17)16-7-4-3-5-8-16/h3-5,7-10,15,19H,6,11-14H2,1-2H3. The van der Waals surface area contributed by atoms with Gasteiger partial charge < -0.3 is 10.1 Å². The lowest BCUT2D eigenvalue weighted by Crippen LogP contribution is -2.16. The first kappa shape index (κ1) is 16.2. The average Bonchev–Trinajstić information content (AvgIpc) is 2.96. The average molecular weight is 303 g/mol. The van der Waals surface area contributed by atoms with Crippen LogP contribution < -0.4 is 5.32 Å². The molecule has 0 bridgehead atoms. The largest absolute Gasteiger partial charge is 0.381 e. The Morgan fingerprint density at radius 2 is 1.90 bits per heavy atom. The molecule has 0 aliphatic heterocycles. The molecule has 2 nitrogen and oxygen atoms in total. The fourth-order valence-corrected chi connectivity index (χ4v) is 3.04. The second kappa shape index (κ2) is 8.98. The van der Waals surface area contributed by atoms with Gasteiger partial charge in [-0.2, -0.15) is 0 Å². The number of hydrogen-bond donors (Lipinski definition) is 1. The van der Waals surface area contributed by atoms with E-state index >= 15 is 0 Å². The van der Waals surface area contributed by atoms with Gasteiger partial charge in [0.1, 0.15) is 0 Å². The van der Waals surface area contributed by atoms with E-state index in [-0.39, 0.29) is 0 Å². The topological polar surface area (TPSA) is 21.3 Å². The Bertz CT molecular complexity index is 507. The Labute approximate surface area is 132 Å². The van der Waals surface area contributed by atoms with E-state index in [1.165, 1.54) is 15.3 Å². The summed E-state index contributed by atoms with van der Waals surface area (Å²) in [4.78, 5) is 2.73. The van der Waals surface area contributed by atoms with Gasteiger partial charge in [0.15, 0.2) is 0 Å². The first-order valence-corrected chi connectivity index (χ1v) is 8.50. The van der Waals surface area contributed by atoms with Crippen LogP contribution in [0.5, 0.6) is 0 Å². The Balaban J connectivity index is 1.65. The third-order valence-electron chi connectivity index (χ3n) is 3.11. The molecule has 0 fully saturated rings. The van der Waals surface area contributed by atoms with Crippen LogP contribution in [0.15, 0.2) is 42.5 Å². The summed E-state index contributed by atoms with van der Waals surface area (Å²) in [5.41, 5.74) is 1.30. The maximum absolute atomic E-state index is 5.57. The van der Waals surface area contributed by atoms with Gasteiger partial charge in [-0.05, 0) is 36.6 Å². The van der Waals surface area contributed by atoms with E-state index in [1.54, 1.807) is 0 Å². The summed E-state index contributed by atoms with van der Waals surface area (Å²) in [6.07, 6.45) is 1.07. The molecule has 21 heavy (non-hydrogen) atoms. The summed E-state index contributed by atoms with van der Waals surface area (Å²) >= 11 is 1.86. The summed E-state index contributed by atoms with van der Waals surface area (Å²) < 4.78 is 5.57. The van der Waals surface area contributed by atoms with Gasteiger partial charge in [0.2, 0.25) is 0 Å². The van der Waals surface area contributed by atoms with Crippen molar-refractivity contribution in [2.45, 2.75) is 26.8 Å². The molecule has 0 aliphatic carbocycles. The Morgan fingerprint density at radius 3 is 2.67 bits per heavy atom. The second-order valence-corrected chi connectivity index (χ2v) is 6.80. The minimum atomic E-state index is 0.625. The van der Waals surface area contributed by atoms with Crippen LogP contribution in [0.3, 0.4) is 0 Å². The maximum atomic E-state index is 5.57. The number of nitrogens with one attached hydrogen (secondary N) is 1.